The molecular weight excluding hydrogens is 464 g/mol. The van der Waals surface area contributed by atoms with Gasteiger partial charge in [0.05, 0.1) is 36.2 Å². The fraction of sp³-hybridized carbons (Fsp3) is 0.556. The summed E-state index contributed by atoms with van der Waals surface area (Å²) in [5, 5.41) is 9.33. The zero-order valence-electron chi connectivity index (χ0n) is 20.8. The average molecular weight is 499 g/mol. The first-order chi connectivity index (χ1) is 17.0. The van der Waals surface area contributed by atoms with Crippen LogP contribution in [0.15, 0.2) is 36.5 Å². The Balaban J connectivity index is 1.30. The molecule has 0 N–H and O–H groups in total. The number of ether oxygens (including phenoxy) is 3. The van der Waals surface area contributed by atoms with Crippen LogP contribution in [0.3, 0.4) is 0 Å². The van der Waals surface area contributed by atoms with E-state index in [0.29, 0.717) is 35.8 Å². The fourth-order valence-corrected chi connectivity index (χ4v) is 5.17. The van der Waals surface area contributed by atoms with Crippen molar-refractivity contribution in [3.63, 3.8) is 0 Å². The lowest BCUT2D eigenvalue weighted by molar-refractivity contribution is 0.0423. The fourth-order valence-electron chi connectivity index (χ4n) is 4.94. The third kappa shape index (κ3) is 6.31. The number of unbranched alkanes of at least 4 members (excludes halogenated alkanes) is 1. The highest BCUT2D eigenvalue weighted by molar-refractivity contribution is 6.33. The molecule has 0 aliphatic carbocycles. The summed E-state index contributed by atoms with van der Waals surface area (Å²) in [6, 6.07) is 12.5. The molecular formula is C27H35ClN4O3. The molecule has 2 unspecified atom stereocenters. The molecule has 3 heterocycles. The molecule has 7 nitrogen and oxygen atoms in total. The SMILES string of the molecule is COc1cc(N2CCC(Oc3ccc(N4C[C@H](OCCCC#N)[C@@H](C)C4)cc3)C(C)C2)c(Cl)cn1. The molecule has 0 radical (unpaired) electrons. The number of nitriles is 1. The number of halogens is 1. The molecule has 188 valence electrons. The number of benzene rings is 1. The van der Waals surface area contributed by atoms with Gasteiger partial charge in [-0.15, -0.1) is 0 Å². The van der Waals surface area contributed by atoms with E-state index in [4.69, 9.17) is 31.1 Å². The minimum Gasteiger partial charge on any atom is -0.490 e. The van der Waals surface area contributed by atoms with Crippen LogP contribution in [0.2, 0.25) is 5.02 Å². The highest BCUT2D eigenvalue weighted by Gasteiger charge is 2.31. The van der Waals surface area contributed by atoms with Gasteiger partial charge in [-0.3, -0.25) is 0 Å². The normalized spacial score (nSPS) is 24.3. The van der Waals surface area contributed by atoms with Gasteiger partial charge < -0.3 is 24.0 Å². The lowest BCUT2D eigenvalue weighted by Crippen LogP contribution is -2.44. The quantitative estimate of drug-likeness (QED) is 0.441. The zero-order chi connectivity index (χ0) is 24.8. The number of anilines is 2. The Bertz CT molecular complexity index is 1010. The van der Waals surface area contributed by atoms with Crippen LogP contribution in [0.4, 0.5) is 11.4 Å². The van der Waals surface area contributed by atoms with Gasteiger partial charge in [0, 0.05) is 69.2 Å². The topological polar surface area (TPSA) is 70.8 Å². The molecule has 2 saturated heterocycles. The Hall–Kier alpha value is -2.69. The van der Waals surface area contributed by atoms with Crippen molar-refractivity contribution in [2.24, 2.45) is 11.8 Å². The van der Waals surface area contributed by atoms with Gasteiger partial charge in [-0.25, -0.2) is 4.98 Å². The summed E-state index contributed by atoms with van der Waals surface area (Å²) in [7, 11) is 1.61. The third-order valence-corrected chi connectivity index (χ3v) is 7.28. The molecule has 2 aromatic rings. The molecule has 2 aliphatic heterocycles. The number of pyridine rings is 1. The van der Waals surface area contributed by atoms with Crippen molar-refractivity contribution in [2.45, 2.75) is 45.3 Å². The van der Waals surface area contributed by atoms with Crippen LogP contribution in [0, 0.1) is 23.2 Å². The molecule has 2 fully saturated rings. The monoisotopic (exact) mass is 498 g/mol. The summed E-state index contributed by atoms with van der Waals surface area (Å²) in [5.74, 6) is 2.28. The molecule has 1 aromatic heterocycles. The highest BCUT2D eigenvalue weighted by Crippen LogP contribution is 2.33. The number of rotatable bonds is 9. The van der Waals surface area contributed by atoms with Crippen LogP contribution < -0.4 is 19.3 Å². The first kappa shape index (κ1) is 25.4. The number of aromatic nitrogens is 1. The van der Waals surface area contributed by atoms with E-state index in [9.17, 15) is 0 Å². The van der Waals surface area contributed by atoms with E-state index < -0.39 is 0 Å². The minimum atomic E-state index is 0.151. The van der Waals surface area contributed by atoms with E-state index in [1.54, 1.807) is 13.3 Å². The van der Waals surface area contributed by atoms with Crippen molar-refractivity contribution in [3.8, 4) is 17.7 Å². The maximum Gasteiger partial charge on any atom is 0.215 e. The van der Waals surface area contributed by atoms with E-state index in [-0.39, 0.29) is 12.2 Å². The second kappa shape index (κ2) is 11.8. The number of hydrogen-bond acceptors (Lipinski definition) is 7. The minimum absolute atomic E-state index is 0.151. The molecule has 4 rings (SSSR count). The van der Waals surface area contributed by atoms with Gasteiger partial charge in [-0.1, -0.05) is 25.4 Å². The smallest absolute Gasteiger partial charge is 0.215 e. The van der Waals surface area contributed by atoms with Crippen LogP contribution in [0.1, 0.15) is 33.1 Å². The maximum atomic E-state index is 8.69. The predicted octanol–water partition coefficient (Wildman–Crippen LogP) is 5.18. The molecule has 2 aliphatic rings. The van der Waals surface area contributed by atoms with E-state index >= 15 is 0 Å². The first-order valence-corrected chi connectivity index (χ1v) is 12.8. The lowest BCUT2D eigenvalue weighted by atomic mass is 9.96. The highest BCUT2D eigenvalue weighted by atomic mass is 35.5. The maximum absolute atomic E-state index is 8.69. The average Bonchev–Trinajstić information content (AvgIpc) is 3.24. The van der Waals surface area contributed by atoms with Crippen LogP contribution in [0.5, 0.6) is 11.6 Å². The van der Waals surface area contributed by atoms with Crippen molar-refractivity contribution < 1.29 is 14.2 Å². The van der Waals surface area contributed by atoms with Gasteiger partial charge in [0.25, 0.3) is 0 Å². The molecule has 0 saturated carbocycles. The first-order valence-electron chi connectivity index (χ1n) is 12.4. The van der Waals surface area contributed by atoms with Gasteiger partial charge in [0.15, 0.2) is 0 Å². The Labute approximate surface area is 213 Å². The lowest BCUT2D eigenvalue weighted by Gasteiger charge is -2.38. The van der Waals surface area contributed by atoms with E-state index in [1.807, 2.05) is 6.07 Å². The molecule has 0 bridgehead atoms. The van der Waals surface area contributed by atoms with Gasteiger partial charge in [0.1, 0.15) is 11.9 Å². The molecule has 8 heteroatoms. The Morgan fingerprint density at radius 3 is 2.54 bits per heavy atom. The standard InChI is InChI=1S/C27H35ClN4O3/c1-19-16-31(24-14-27(33-3)30-15-23(24)28)12-10-25(19)35-22-8-6-21(7-9-22)32-17-20(2)26(18-32)34-13-5-4-11-29/h6-9,14-15,19-20,25-26H,4-5,10,12-13,16-18H2,1-3H3/t19?,20-,25?,26-/m0/s1. The Morgan fingerprint density at radius 1 is 1.09 bits per heavy atom. The summed E-state index contributed by atoms with van der Waals surface area (Å²) >= 11 is 6.41. The van der Waals surface area contributed by atoms with Crippen molar-refractivity contribution in [3.05, 3.63) is 41.6 Å². The summed E-state index contributed by atoms with van der Waals surface area (Å²) in [4.78, 5) is 8.84. The number of methoxy groups -OCH3 is 1. The summed E-state index contributed by atoms with van der Waals surface area (Å²) in [5.41, 5.74) is 2.15. The molecule has 0 spiro atoms. The van der Waals surface area contributed by atoms with Gasteiger partial charge in [-0.2, -0.15) is 5.26 Å². The molecule has 1 aromatic carbocycles. The van der Waals surface area contributed by atoms with Crippen molar-refractivity contribution >= 4 is 23.0 Å². The van der Waals surface area contributed by atoms with Crippen LogP contribution in [0.25, 0.3) is 0 Å². The van der Waals surface area contributed by atoms with Crippen LogP contribution >= 0.6 is 11.6 Å². The zero-order valence-corrected chi connectivity index (χ0v) is 21.6. The molecule has 35 heavy (non-hydrogen) atoms. The largest absolute Gasteiger partial charge is 0.490 e. The number of piperidine rings is 1. The van der Waals surface area contributed by atoms with E-state index in [1.165, 1.54) is 5.69 Å². The van der Waals surface area contributed by atoms with Crippen LogP contribution in [-0.4, -0.2) is 57.1 Å². The summed E-state index contributed by atoms with van der Waals surface area (Å²) in [6.45, 7) is 8.68. The number of hydrogen-bond donors (Lipinski definition) is 0. The van der Waals surface area contributed by atoms with Gasteiger partial charge in [-0.05, 0) is 30.7 Å². The molecule has 0 amide bonds. The van der Waals surface area contributed by atoms with Crippen molar-refractivity contribution in [1.29, 1.82) is 5.26 Å². The second-order valence-electron chi connectivity index (χ2n) is 9.59. The summed E-state index contributed by atoms with van der Waals surface area (Å²) < 4.78 is 17.7. The van der Waals surface area contributed by atoms with Crippen molar-refractivity contribution in [2.75, 3.05) is 49.7 Å². The predicted molar refractivity (Wildman–Crippen MR) is 139 cm³/mol. The Morgan fingerprint density at radius 2 is 1.83 bits per heavy atom. The third-order valence-electron chi connectivity index (χ3n) is 6.98. The van der Waals surface area contributed by atoms with Gasteiger partial charge >= 0.3 is 0 Å². The van der Waals surface area contributed by atoms with Gasteiger partial charge in [0.2, 0.25) is 5.88 Å². The molecule has 4 atom stereocenters. The van der Waals surface area contributed by atoms with Crippen molar-refractivity contribution in [1.82, 2.24) is 4.98 Å². The van der Waals surface area contributed by atoms with E-state index in [0.717, 1.165) is 50.5 Å². The summed E-state index contributed by atoms with van der Waals surface area (Å²) in [6.07, 6.45) is 4.28. The number of nitrogens with zero attached hydrogens (tertiary/aromatic N) is 4. The van der Waals surface area contributed by atoms with E-state index in [2.05, 4.69) is 59.0 Å². The van der Waals surface area contributed by atoms with Crippen LogP contribution in [-0.2, 0) is 4.74 Å². The second-order valence-corrected chi connectivity index (χ2v) is 10.0. The Kier molecular flexibility index (Phi) is 8.59.